The molecule has 1 amide bonds. The van der Waals surface area contributed by atoms with Gasteiger partial charge < -0.3 is 20.5 Å². The first kappa shape index (κ1) is 13.9. The molecule has 0 radical (unpaired) electrons. The molecule has 1 atom stereocenters. The number of thiocarbonyl (C=S) groups is 1. The van der Waals surface area contributed by atoms with Crippen molar-refractivity contribution in [3.63, 3.8) is 0 Å². The number of carbonyl (C=O) groups excluding carboxylic acids is 1. The molecule has 2 rings (SSSR count). The molecule has 0 aliphatic carbocycles. The van der Waals surface area contributed by atoms with Crippen LogP contribution < -0.4 is 11.1 Å². The molecule has 5 nitrogen and oxygen atoms in total. The van der Waals surface area contributed by atoms with Crippen molar-refractivity contribution in [3.05, 3.63) is 35.4 Å². The molecule has 1 aliphatic heterocycles. The Labute approximate surface area is 117 Å². The maximum Gasteiger partial charge on any atom is 0.251 e. The fraction of sp³-hybridized carbons (Fsp3) is 0.385. The summed E-state index contributed by atoms with van der Waals surface area (Å²) < 4.78 is 10.5. The predicted molar refractivity (Wildman–Crippen MR) is 74.7 cm³/mol. The fourth-order valence-electron chi connectivity index (χ4n) is 1.73. The number of benzene rings is 1. The van der Waals surface area contributed by atoms with Gasteiger partial charge in [0.2, 0.25) is 0 Å². The summed E-state index contributed by atoms with van der Waals surface area (Å²) in [5.74, 6) is -0.155. The van der Waals surface area contributed by atoms with Crippen LogP contribution in [0.2, 0.25) is 0 Å². The Bertz CT molecular complexity index is 455. The van der Waals surface area contributed by atoms with Crippen molar-refractivity contribution in [2.45, 2.75) is 12.6 Å². The lowest BCUT2D eigenvalue weighted by atomic mass is 10.1. The second kappa shape index (κ2) is 6.60. The summed E-state index contributed by atoms with van der Waals surface area (Å²) in [6.07, 6.45) is -0.510. The molecule has 1 aliphatic rings. The molecule has 1 heterocycles. The summed E-state index contributed by atoms with van der Waals surface area (Å²) in [5.41, 5.74) is 7.31. The van der Waals surface area contributed by atoms with Crippen molar-refractivity contribution in [1.82, 2.24) is 5.32 Å². The van der Waals surface area contributed by atoms with E-state index >= 15 is 0 Å². The molecule has 1 aromatic carbocycles. The van der Waals surface area contributed by atoms with Gasteiger partial charge in [-0.15, -0.1) is 0 Å². The van der Waals surface area contributed by atoms with Gasteiger partial charge in [0.1, 0.15) is 4.99 Å². The van der Waals surface area contributed by atoms with Gasteiger partial charge in [-0.1, -0.05) is 36.5 Å². The number of amides is 1. The Hall–Kier alpha value is -1.50. The van der Waals surface area contributed by atoms with Crippen LogP contribution in [0.4, 0.5) is 0 Å². The normalized spacial score (nSPS) is 18.8. The van der Waals surface area contributed by atoms with Gasteiger partial charge in [-0.25, -0.2) is 0 Å². The Balaban J connectivity index is 1.84. The third-order valence-corrected chi connectivity index (χ3v) is 3.05. The number of nitrogens with two attached hydrogens (primary N) is 1. The molecular weight excluding hydrogens is 264 g/mol. The molecule has 6 heteroatoms. The van der Waals surface area contributed by atoms with Gasteiger partial charge >= 0.3 is 0 Å². The van der Waals surface area contributed by atoms with E-state index in [1.807, 2.05) is 24.3 Å². The second-order valence-corrected chi connectivity index (χ2v) is 4.65. The lowest BCUT2D eigenvalue weighted by Gasteiger charge is -2.22. The van der Waals surface area contributed by atoms with Gasteiger partial charge in [0.15, 0.2) is 6.10 Å². The zero-order chi connectivity index (χ0) is 13.7. The highest BCUT2D eigenvalue weighted by atomic mass is 32.1. The van der Waals surface area contributed by atoms with E-state index in [1.165, 1.54) is 0 Å². The van der Waals surface area contributed by atoms with E-state index in [-0.39, 0.29) is 5.91 Å². The topological polar surface area (TPSA) is 73.6 Å². The second-order valence-electron chi connectivity index (χ2n) is 4.21. The summed E-state index contributed by atoms with van der Waals surface area (Å²) >= 11 is 4.87. The molecule has 3 N–H and O–H groups in total. The third-order valence-electron chi connectivity index (χ3n) is 2.81. The zero-order valence-electron chi connectivity index (χ0n) is 10.4. The molecule has 1 saturated heterocycles. The molecule has 1 fully saturated rings. The Morgan fingerprint density at radius 2 is 2.11 bits per heavy atom. The summed E-state index contributed by atoms with van der Waals surface area (Å²) in [6.45, 7) is 1.76. The first-order valence-electron chi connectivity index (χ1n) is 6.02. The van der Waals surface area contributed by atoms with Crippen LogP contribution in [-0.4, -0.2) is 36.8 Å². The first-order valence-corrected chi connectivity index (χ1v) is 6.43. The fourth-order valence-corrected chi connectivity index (χ4v) is 1.87. The number of hydrogen-bond acceptors (Lipinski definition) is 4. The highest BCUT2D eigenvalue weighted by Crippen LogP contribution is 2.05. The van der Waals surface area contributed by atoms with Crippen LogP contribution in [0.5, 0.6) is 0 Å². The minimum atomic E-state index is -0.510. The summed E-state index contributed by atoms with van der Waals surface area (Å²) in [5, 5.41) is 2.81. The van der Waals surface area contributed by atoms with Gasteiger partial charge in [0.25, 0.3) is 5.91 Å². The highest BCUT2D eigenvalue weighted by molar-refractivity contribution is 7.80. The molecule has 19 heavy (non-hydrogen) atoms. The lowest BCUT2D eigenvalue weighted by Crippen LogP contribution is -2.42. The molecular formula is C13H16N2O3S. The van der Waals surface area contributed by atoms with E-state index in [0.717, 1.165) is 11.1 Å². The maximum atomic E-state index is 11.8. The quantitative estimate of drug-likeness (QED) is 0.779. The van der Waals surface area contributed by atoms with Crippen LogP contribution in [0.25, 0.3) is 0 Å². The van der Waals surface area contributed by atoms with Crippen LogP contribution in [0.3, 0.4) is 0 Å². The largest absolute Gasteiger partial charge is 0.389 e. The molecule has 0 aromatic heterocycles. The number of nitrogens with one attached hydrogen (secondary N) is 1. The Kier molecular flexibility index (Phi) is 4.84. The van der Waals surface area contributed by atoms with Gasteiger partial charge in [0, 0.05) is 12.1 Å². The number of hydrogen-bond donors (Lipinski definition) is 2. The average Bonchev–Trinajstić information content (AvgIpc) is 2.46. The Morgan fingerprint density at radius 3 is 2.68 bits per heavy atom. The minimum absolute atomic E-state index is 0.155. The van der Waals surface area contributed by atoms with Gasteiger partial charge in [-0.2, -0.15) is 0 Å². The van der Waals surface area contributed by atoms with Gasteiger partial charge in [-0.05, 0) is 5.56 Å². The third kappa shape index (κ3) is 3.99. The molecule has 0 spiro atoms. The van der Waals surface area contributed by atoms with Gasteiger partial charge in [-0.3, -0.25) is 4.79 Å². The molecule has 1 aromatic rings. The molecule has 1 unspecified atom stereocenters. The monoisotopic (exact) mass is 280 g/mol. The lowest BCUT2D eigenvalue weighted by molar-refractivity contribution is -0.147. The van der Waals surface area contributed by atoms with Crippen molar-refractivity contribution >= 4 is 23.1 Å². The number of ether oxygens (including phenoxy) is 2. The molecule has 0 bridgehead atoms. The van der Waals surface area contributed by atoms with E-state index in [4.69, 9.17) is 27.4 Å². The number of rotatable bonds is 4. The average molecular weight is 280 g/mol. The van der Waals surface area contributed by atoms with Crippen molar-refractivity contribution in [3.8, 4) is 0 Å². The first-order chi connectivity index (χ1) is 9.16. The summed E-state index contributed by atoms with van der Waals surface area (Å²) in [6, 6.07) is 7.44. The SMILES string of the molecule is NC(=S)c1ccc(CNC(=O)C2COCCO2)cc1. The molecule has 102 valence electrons. The Morgan fingerprint density at radius 1 is 1.37 bits per heavy atom. The zero-order valence-corrected chi connectivity index (χ0v) is 11.2. The van der Waals surface area contributed by atoms with Crippen molar-refractivity contribution in [2.75, 3.05) is 19.8 Å². The summed E-state index contributed by atoms with van der Waals surface area (Å²) in [4.78, 5) is 12.2. The van der Waals surface area contributed by atoms with Crippen LogP contribution >= 0.6 is 12.2 Å². The standard InChI is InChI=1S/C13H16N2O3S/c14-12(19)10-3-1-9(2-4-10)7-15-13(16)11-8-17-5-6-18-11/h1-4,11H,5-8H2,(H2,14,19)(H,15,16). The van der Waals surface area contributed by atoms with Crippen molar-refractivity contribution < 1.29 is 14.3 Å². The van der Waals surface area contributed by atoms with Gasteiger partial charge in [0.05, 0.1) is 19.8 Å². The van der Waals surface area contributed by atoms with E-state index in [0.29, 0.717) is 31.4 Å². The maximum absolute atomic E-state index is 11.8. The number of carbonyl (C=O) groups is 1. The minimum Gasteiger partial charge on any atom is -0.389 e. The summed E-state index contributed by atoms with van der Waals surface area (Å²) in [7, 11) is 0. The molecule has 0 saturated carbocycles. The van der Waals surface area contributed by atoms with Crippen LogP contribution in [-0.2, 0) is 20.8 Å². The van der Waals surface area contributed by atoms with E-state index in [9.17, 15) is 4.79 Å². The van der Waals surface area contributed by atoms with Crippen LogP contribution in [0, 0.1) is 0 Å². The smallest absolute Gasteiger partial charge is 0.251 e. The van der Waals surface area contributed by atoms with E-state index in [2.05, 4.69) is 5.32 Å². The van der Waals surface area contributed by atoms with E-state index < -0.39 is 6.10 Å². The van der Waals surface area contributed by atoms with Crippen LogP contribution in [0.1, 0.15) is 11.1 Å². The predicted octanol–water partition coefficient (Wildman–Crippen LogP) is 0.352. The van der Waals surface area contributed by atoms with E-state index in [1.54, 1.807) is 0 Å². The van der Waals surface area contributed by atoms with Crippen LogP contribution in [0.15, 0.2) is 24.3 Å². The van der Waals surface area contributed by atoms with Crippen molar-refractivity contribution in [1.29, 1.82) is 0 Å². The van der Waals surface area contributed by atoms with Crippen molar-refractivity contribution in [2.24, 2.45) is 5.73 Å². The highest BCUT2D eigenvalue weighted by Gasteiger charge is 2.21.